The highest BCUT2D eigenvalue weighted by molar-refractivity contribution is 5.76. The van der Waals surface area contributed by atoms with Crippen molar-refractivity contribution in [3.05, 3.63) is 48.6 Å². The van der Waals surface area contributed by atoms with E-state index in [2.05, 4.69) is 55.6 Å². The highest BCUT2D eigenvalue weighted by Gasteiger charge is 2.18. The molecule has 0 aliphatic heterocycles. The molecule has 1 amide bonds. The van der Waals surface area contributed by atoms with Crippen LogP contribution in [0.1, 0.15) is 393 Å². The average Bonchev–Trinajstić information content (AvgIpc) is 3.47. The molecule has 6 nitrogen and oxygen atoms in total. The Morgan fingerprint density at radius 2 is 0.617 bits per heavy atom. The molecule has 2 unspecified atom stereocenters. The quantitative estimate of drug-likeness (QED) is 0.0320. The second-order valence-electron chi connectivity index (χ2n) is 24.9. The maximum Gasteiger partial charge on any atom is 0.305 e. The molecule has 0 aliphatic rings. The zero-order valence-corrected chi connectivity index (χ0v) is 54.5. The molecule has 2 atom stereocenters. The molecule has 0 bridgehead atoms. The van der Waals surface area contributed by atoms with Crippen molar-refractivity contribution in [2.24, 2.45) is 0 Å². The number of hydrogen-bond donors (Lipinski definition) is 3. The van der Waals surface area contributed by atoms with Gasteiger partial charge in [0.05, 0.1) is 25.4 Å². The second kappa shape index (κ2) is 70.3. The highest BCUT2D eigenvalue weighted by Crippen LogP contribution is 2.18. The molecule has 0 heterocycles. The number of hydrogen-bond acceptors (Lipinski definition) is 5. The molecule has 3 N–H and O–H groups in total. The maximum atomic E-state index is 12.4. The number of carbonyl (C=O) groups is 2. The number of carbonyl (C=O) groups excluding carboxylic acids is 2. The van der Waals surface area contributed by atoms with Crippen LogP contribution in [-0.4, -0.2) is 47.4 Å². The first-order chi connectivity index (χ1) is 40.0. The largest absolute Gasteiger partial charge is 0.466 e. The molecule has 0 aliphatic carbocycles. The summed E-state index contributed by atoms with van der Waals surface area (Å²) in [6.07, 6.45) is 92.2. The van der Waals surface area contributed by atoms with Crippen molar-refractivity contribution in [3.63, 3.8) is 0 Å². The summed E-state index contributed by atoms with van der Waals surface area (Å²) in [4.78, 5) is 24.5. The van der Waals surface area contributed by atoms with Crippen LogP contribution in [0.5, 0.6) is 0 Å². The molecular formula is C75H141NO5. The molecule has 476 valence electrons. The molecule has 0 aromatic heterocycles. The van der Waals surface area contributed by atoms with Crippen LogP contribution in [0.4, 0.5) is 0 Å². The van der Waals surface area contributed by atoms with E-state index in [-0.39, 0.29) is 18.5 Å². The molecule has 0 aromatic rings. The van der Waals surface area contributed by atoms with Crippen molar-refractivity contribution in [2.45, 2.75) is 405 Å². The smallest absolute Gasteiger partial charge is 0.305 e. The van der Waals surface area contributed by atoms with Crippen LogP contribution >= 0.6 is 0 Å². The van der Waals surface area contributed by atoms with Crippen molar-refractivity contribution < 1.29 is 24.5 Å². The molecule has 6 heteroatoms. The van der Waals surface area contributed by atoms with Gasteiger partial charge in [0, 0.05) is 12.8 Å². The lowest BCUT2D eigenvalue weighted by molar-refractivity contribution is -0.143. The number of unbranched alkanes of at least 4 members (excludes halogenated alkanes) is 51. The number of aliphatic hydroxyl groups is 2. The Kier molecular flexibility index (Phi) is 68.4. The lowest BCUT2D eigenvalue weighted by Gasteiger charge is -2.20. The van der Waals surface area contributed by atoms with E-state index >= 15 is 0 Å². The predicted molar refractivity (Wildman–Crippen MR) is 356 cm³/mol. The minimum absolute atomic E-state index is 0.0127. The van der Waals surface area contributed by atoms with Gasteiger partial charge in [-0.05, 0) is 89.9 Å². The van der Waals surface area contributed by atoms with Gasteiger partial charge in [-0.2, -0.15) is 0 Å². The summed E-state index contributed by atoms with van der Waals surface area (Å²) in [5.74, 6) is -0.0518. The van der Waals surface area contributed by atoms with E-state index in [0.29, 0.717) is 19.4 Å². The molecular weight excluding hydrogens is 995 g/mol. The topological polar surface area (TPSA) is 95.9 Å². The Labute approximate surface area is 506 Å². The Morgan fingerprint density at radius 1 is 0.346 bits per heavy atom. The second-order valence-corrected chi connectivity index (χ2v) is 24.9. The van der Waals surface area contributed by atoms with Crippen molar-refractivity contribution in [3.8, 4) is 0 Å². The minimum atomic E-state index is -0.841. The summed E-state index contributed by atoms with van der Waals surface area (Å²) in [5.41, 5.74) is 0. The number of amides is 1. The molecule has 0 rings (SSSR count). The Morgan fingerprint density at radius 3 is 0.963 bits per heavy atom. The lowest BCUT2D eigenvalue weighted by atomic mass is 10.0. The van der Waals surface area contributed by atoms with Crippen LogP contribution in [0.2, 0.25) is 0 Å². The van der Waals surface area contributed by atoms with Gasteiger partial charge in [0.2, 0.25) is 5.91 Å². The summed E-state index contributed by atoms with van der Waals surface area (Å²) in [5, 5.41) is 23.1. The van der Waals surface area contributed by atoms with Crippen LogP contribution in [0.3, 0.4) is 0 Å². The van der Waals surface area contributed by atoms with Crippen molar-refractivity contribution in [1.82, 2.24) is 5.32 Å². The summed E-state index contributed by atoms with van der Waals surface area (Å²) in [6, 6.07) is -0.624. The normalized spacial score (nSPS) is 12.8. The monoisotopic (exact) mass is 1140 g/mol. The standard InChI is InChI=1S/C75H141NO5/c1-3-5-7-9-11-13-15-16-17-18-39-42-45-49-53-57-61-65-69-75(80)81-70-66-62-58-54-50-46-43-40-37-35-33-31-29-27-25-23-21-19-20-22-24-26-28-30-32-34-36-38-41-44-48-52-56-60-64-68-74(79)76-72(71-77)73(78)67-63-59-55-51-47-14-12-10-8-6-4-2/h13,15,17-18,21,23,63,67,72-73,77-78H,3-12,14,16,19-20,22,24-62,64-66,68-71H2,1-2H3,(H,76,79)/b15-13-,18-17-,23-21-,67-63+. The van der Waals surface area contributed by atoms with Gasteiger partial charge in [0.15, 0.2) is 0 Å². The minimum Gasteiger partial charge on any atom is -0.466 e. The zero-order chi connectivity index (χ0) is 58.5. The third-order valence-corrected chi connectivity index (χ3v) is 16.8. The third-order valence-electron chi connectivity index (χ3n) is 16.8. The van der Waals surface area contributed by atoms with Crippen LogP contribution < -0.4 is 5.32 Å². The Balaban J connectivity index is 3.33. The number of rotatable bonds is 68. The number of allylic oxidation sites excluding steroid dienone is 7. The third kappa shape index (κ3) is 66.8. The predicted octanol–water partition coefficient (Wildman–Crippen LogP) is 23.6. The van der Waals surface area contributed by atoms with Crippen molar-refractivity contribution in [2.75, 3.05) is 13.2 Å². The fourth-order valence-corrected chi connectivity index (χ4v) is 11.3. The van der Waals surface area contributed by atoms with Crippen LogP contribution in [-0.2, 0) is 14.3 Å². The molecule has 0 spiro atoms. The highest BCUT2D eigenvalue weighted by atomic mass is 16.5. The van der Waals surface area contributed by atoms with Gasteiger partial charge in [0.25, 0.3) is 0 Å². The van der Waals surface area contributed by atoms with E-state index in [9.17, 15) is 19.8 Å². The van der Waals surface area contributed by atoms with Crippen LogP contribution in [0, 0.1) is 0 Å². The number of nitrogens with one attached hydrogen (secondary N) is 1. The van der Waals surface area contributed by atoms with Gasteiger partial charge in [-0.15, -0.1) is 0 Å². The number of ether oxygens (including phenoxy) is 1. The summed E-state index contributed by atoms with van der Waals surface area (Å²) in [7, 11) is 0. The molecule has 0 radical (unpaired) electrons. The van der Waals surface area contributed by atoms with Gasteiger partial charge in [-0.25, -0.2) is 0 Å². The summed E-state index contributed by atoms with van der Waals surface area (Å²) in [6.45, 7) is 4.89. The number of aliphatic hydroxyl groups excluding tert-OH is 2. The van der Waals surface area contributed by atoms with Gasteiger partial charge in [0.1, 0.15) is 0 Å². The molecule has 0 saturated carbocycles. The van der Waals surface area contributed by atoms with E-state index in [4.69, 9.17) is 4.74 Å². The maximum absolute atomic E-state index is 12.4. The van der Waals surface area contributed by atoms with E-state index in [1.165, 1.54) is 315 Å². The first-order valence-corrected chi connectivity index (χ1v) is 36.4. The lowest BCUT2D eigenvalue weighted by Crippen LogP contribution is -2.45. The van der Waals surface area contributed by atoms with Gasteiger partial charge < -0.3 is 20.3 Å². The molecule has 0 fully saturated rings. The van der Waals surface area contributed by atoms with Crippen LogP contribution in [0.25, 0.3) is 0 Å². The van der Waals surface area contributed by atoms with Crippen molar-refractivity contribution >= 4 is 11.9 Å². The first kappa shape index (κ1) is 78.8. The summed E-state index contributed by atoms with van der Waals surface area (Å²) >= 11 is 0. The average molecular weight is 1140 g/mol. The molecule has 81 heavy (non-hydrogen) atoms. The Hall–Kier alpha value is -2.18. The fourth-order valence-electron chi connectivity index (χ4n) is 11.3. The van der Waals surface area contributed by atoms with Gasteiger partial charge in [-0.1, -0.05) is 339 Å². The van der Waals surface area contributed by atoms with Gasteiger partial charge in [-0.3, -0.25) is 9.59 Å². The van der Waals surface area contributed by atoms with Crippen LogP contribution in [0.15, 0.2) is 48.6 Å². The van der Waals surface area contributed by atoms with E-state index in [1.54, 1.807) is 6.08 Å². The number of esters is 1. The fraction of sp³-hybridized carbons (Fsp3) is 0.867. The SMILES string of the molecule is CCCCCC/C=C\C/C=C\CCCCCCCCCC(=O)OCCCCCCCCCCCCCCCC/C=C\CCCCCCCCCCCCCCCCCCCC(=O)NC(CO)C(O)/C=C/CCCCCCCCCCC. The van der Waals surface area contributed by atoms with Gasteiger partial charge >= 0.3 is 5.97 Å². The first-order valence-electron chi connectivity index (χ1n) is 36.4. The van der Waals surface area contributed by atoms with E-state index in [0.717, 1.165) is 51.4 Å². The molecule has 0 saturated heterocycles. The molecule has 0 aromatic carbocycles. The van der Waals surface area contributed by atoms with E-state index in [1.807, 2.05) is 6.08 Å². The summed E-state index contributed by atoms with van der Waals surface area (Å²) < 4.78 is 5.50. The van der Waals surface area contributed by atoms with E-state index < -0.39 is 12.1 Å². The van der Waals surface area contributed by atoms with Crippen molar-refractivity contribution in [1.29, 1.82) is 0 Å². The Bertz CT molecular complexity index is 1360. The zero-order valence-electron chi connectivity index (χ0n) is 54.5.